The van der Waals surface area contributed by atoms with Gasteiger partial charge in [-0.2, -0.15) is 0 Å². The van der Waals surface area contributed by atoms with Gasteiger partial charge in [0.25, 0.3) is 0 Å². The van der Waals surface area contributed by atoms with Gasteiger partial charge in [-0.25, -0.2) is 4.57 Å². The van der Waals surface area contributed by atoms with Crippen LogP contribution in [0.4, 0.5) is 0 Å². The second-order valence-electron chi connectivity index (χ2n) is 11.8. The first kappa shape index (κ1) is 39.5. The summed E-state index contributed by atoms with van der Waals surface area (Å²) in [4.78, 5) is 21.3. The molecule has 0 aliphatic heterocycles. The molecule has 0 aromatic rings. The van der Waals surface area contributed by atoms with Crippen LogP contribution in [0.25, 0.3) is 0 Å². The summed E-state index contributed by atoms with van der Waals surface area (Å²) in [6, 6.07) is 0. The number of phosphoric acid groups is 1. The number of nitrogens with zero attached hydrogens (tertiary/aromatic N) is 1. The van der Waals surface area contributed by atoms with Crippen molar-refractivity contribution in [2.24, 2.45) is 0 Å². The molecule has 0 aliphatic carbocycles. The van der Waals surface area contributed by atoms with Crippen molar-refractivity contribution < 1.29 is 42.0 Å². The minimum Gasteiger partial charge on any atom is -0.469 e. The van der Waals surface area contributed by atoms with Crippen molar-refractivity contribution in [1.29, 1.82) is 0 Å². The van der Waals surface area contributed by atoms with Gasteiger partial charge in [0.05, 0.1) is 41.5 Å². The van der Waals surface area contributed by atoms with Crippen LogP contribution in [0.1, 0.15) is 116 Å². The zero-order valence-corrected chi connectivity index (χ0v) is 27.4. The molecule has 2 atom stereocenters. The minimum absolute atomic E-state index is 0.103. The first-order chi connectivity index (χ1) is 19.1. The lowest BCUT2D eigenvalue weighted by Gasteiger charge is -2.24. The number of hydrogen-bond acceptors (Lipinski definition) is 7. The molecule has 0 aliphatic rings. The summed E-state index contributed by atoms with van der Waals surface area (Å²) in [7, 11) is 3.13. The summed E-state index contributed by atoms with van der Waals surface area (Å²) in [6.45, 7) is 4.15. The molecule has 0 heterocycles. The number of carbonyl (C=O) groups is 1. The van der Waals surface area contributed by atoms with Gasteiger partial charge < -0.3 is 23.6 Å². The molecule has 0 fully saturated rings. The standard InChI is InChI=1S/C30H62NO8P/c1-6-7-8-9-10-11-12-13-14-15-16-17-18-20-24-36-27-29(37-25-21-19-22-30(32)35-5)28-39-40(33,34)38-26-23-31(2,3)4/h29H,6-28H2,1-5H3/p+1/t29-/m1/s1. The van der Waals surface area contributed by atoms with E-state index >= 15 is 0 Å². The van der Waals surface area contributed by atoms with Crippen LogP contribution in [0.2, 0.25) is 0 Å². The van der Waals surface area contributed by atoms with E-state index in [1.54, 1.807) is 0 Å². The number of methoxy groups -OCH3 is 1. The van der Waals surface area contributed by atoms with Gasteiger partial charge in [-0.1, -0.05) is 90.4 Å². The number of esters is 1. The molecule has 10 heteroatoms. The van der Waals surface area contributed by atoms with Gasteiger partial charge in [-0.15, -0.1) is 0 Å². The van der Waals surface area contributed by atoms with Gasteiger partial charge in [0.1, 0.15) is 19.3 Å². The molecule has 0 aromatic carbocycles. The quantitative estimate of drug-likeness (QED) is 0.0407. The third-order valence-corrected chi connectivity index (χ3v) is 7.73. The number of carbonyl (C=O) groups excluding carboxylic acids is 1. The molecule has 0 spiro atoms. The number of phosphoric ester groups is 1. The fourth-order valence-corrected chi connectivity index (χ4v) is 4.87. The van der Waals surface area contributed by atoms with Gasteiger partial charge >= 0.3 is 13.8 Å². The summed E-state index contributed by atoms with van der Waals surface area (Å²) < 4.78 is 39.5. The fraction of sp³-hybridized carbons (Fsp3) is 0.967. The largest absolute Gasteiger partial charge is 0.472 e. The molecule has 0 saturated carbocycles. The zero-order valence-electron chi connectivity index (χ0n) is 26.5. The van der Waals surface area contributed by atoms with Crippen LogP contribution < -0.4 is 0 Å². The molecular formula is C30H63NO8P+. The highest BCUT2D eigenvalue weighted by Gasteiger charge is 2.25. The smallest absolute Gasteiger partial charge is 0.469 e. The SMILES string of the molecule is CCCCCCCCCCCCCCCCOC[C@H](COP(=O)(O)OCC[N+](C)(C)C)OCCCCC(=O)OC. The molecule has 240 valence electrons. The molecular weight excluding hydrogens is 533 g/mol. The van der Waals surface area contributed by atoms with Gasteiger partial charge in [0, 0.05) is 19.6 Å². The van der Waals surface area contributed by atoms with Crippen molar-refractivity contribution in [2.75, 3.05) is 67.8 Å². The van der Waals surface area contributed by atoms with Crippen LogP contribution in [-0.2, 0) is 32.6 Å². The predicted octanol–water partition coefficient (Wildman–Crippen LogP) is 7.05. The fourth-order valence-electron chi connectivity index (χ4n) is 4.13. The Morgan fingerprint density at radius 1 is 0.725 bits per heavy atom. The van der Waals surface area contributed by atoms with E-state index in [9.17, 15) is 14.3 Å². The second-order valence-corrected chi connectivity index (χ2v) is 13.3. The molecule has 0 radical (unpaired) electrons. The zero-order chi connectivity index (χ0) is 30.0. The van der Waals surface area contributed by atoms with E-state index in [1.165, 1.54) is 84.2 Å². The first-order valence-corrected chi connectivity index (χ1v) is 17.3. The molecule has 0 amide bonds. The van der Waals surface area contributed by atoms with Crippen molar-refractivity contribution in [1.82, 2.24) is 0 Å². The van der Waals surface area contributed by atoms with Crippen molar-refractivity contribution in [3.05, 3.63) is 0 Å². The topological polar surface area (TPSA) is 101 Å². The van der Waals surface area contributed by atoms with Crippen LogP contribution >= 0.6 is 7.82 Å². The molecule has 0 saturated heterocycles. The maximum Gasteiger partial charge on any atom is 0.472 e. The highest BCUT2D eigenvalue weighted by atomic mass is 31.2. The molecule has 40 heavy (non-hydrogen) atoms. The average molecular weight is 597 g/mol. The van der Waals surface area contributed by atoms with Gasteiger partial charge in [0.15, 0.2) is 0 Å². The van der Waals surface area contributed by atoms with E-state index in [-0.39, 0.29) is 25.8 Å². The van der Waals surface area contributed by atoms with Crippen molar-refractivity contribution in [2.45, 2.75) is 122 Å². The van der Waals surface area contributed by atoms with E-state index in [0.717, 1.165) is 12.8 Å². The number of rotatable bonds is 30. The number of ether oxygens (including phenoxy) is 3. The Kier molecular flexibility index (Phi) is 25.8. The molecule has 1 N–H and O–H groups in total. The van der Waals surface area contributed by atoms with Crippen molar-refractivity contribution >= 4 is 13.8 Å². The monoisotopic (exact) mass is 596 g/mol. The van der Waals surface area contributed by atoms with E-state index < -0.39 is 13.9 Å². The highest BCUT2D eigenvalue weighted by molar-refractivity contribution is 7.47. The first-order valence-electron chi connectivity index (χ1n) is 15.8. The Balaban J connectivity index is 4.07. The normalized spacial score (nSPS) is 14.2. The van der Waals surface area contributed by atoms with E-state index in [2.05, 4.69) is 11.7 Å². The van der Waals surface area contributed by atoms with Crippen LogP contribution in [0.15, 0.2) is 0 Å². The van der Waals surface area contributed by atoms with Crippen LogP contribution in [0, 0.1) is 0 Å². The average Bonchev–Trinajstić information content (AvgIpc) is 2.89. The maximum absolute atomic E-state index is 12.3. The van der Waals surface area contributed by atoms with E-state index in [0.29, 0.717) is 43.5 Å². The minimum atomic E-state index is -4.18. The Morgan fingerprint density at radius 2 is 1.25 bits per heavy atom. The third kappa shape index (κ3) is 29.0. The van der Waals surface area contributed by atoms with Gasteiger partial charge in [-0.3, -0.25) is 13.8 Å². The van der Waals surface area contributed by atoms with Gasteiger partial charge in [-0.05, 0) is 19.3 Å². The van der Waals surface area contributed by atoms with Gasteiger partial charge in [0.2, 0.25) is 0 Å². The van der Waals surface area contributed by atoms with Crippen LogP contribution in [-0.4, -0.2) is 89.3 Å². The lowest BCUT2D eigenvalue weighted by atomic mass is 10.0. The second kappa shape index (κ2) is 26.1. The maximum atomic E-state index is 12.3. The molecule has 0 rings (SSSR count). The number of hydrogen-bond donors (Lipinski definition) is 1. The number of likely N-dealkylation sites (N-methyl/N-ethyl adjacent to an activating group) is 1. The van der Waals surface area contributed by atoms with Crippen molar-refractivity contribution in [3.63, 3.8) is 0 Å². The molecule has 9 nitrogen and oxygen atoms in total. The van der Waals surface area contributed by atoms with Crippen LogP contribution in [0.3, 0.4) is 0 Å². The lowest BCUT2D eigenvalue weighted by molar-refractivity contribution is -0.870. The predicted molar refractivity (Wildman–Crippen MR) is 161 cm³/mol. The molecule has 1 unspecified atom stereocenters. The van der Waals surface area contributed by atoms with Crippen molar-refractivity contribution in [3.8, 4) is 0 Å². The summed E-state index contributed by atoms with van der Waals surface area (Å²) in [5, 5.41) is 0. The number of quaternary nitrogens is 1. The van der Waals surface area contributed by atoms with Crippen LogP contribution in [0.5, 0.6) is 0 Å². The summed E-state index contributed by atoms with van der Waals surface area (Å²) in [5.41, 5.74) is 0. The summed E-state index contributed by atoms with van der Waals surface area (Å²) in [6.07, 6.45) is 19.5. The molecule has 0 aromatic heterocycles. The van der Waals surface area contributed by atoms with E-state index in [4.69, 9.17) is 18.5 Å². The lowest BCUT2D eigenvalue weighted by Crippen LogP contribution is -2.37. The number of unbranched alkanes of at least 4 members (excludes halogenated alkanes) is 14. The Hall–Kier alpha value is -0.540. The summed E-state index contributed by atoms with van der Waals surface area (Å²) in [5.74, 6) is -0.247. The van der Waals surface area contributed by atoms with E-state index in [1.807, 2.05) is 21.1 Å². The highest BCUT2D eigenvalue weighted by Crippen LogP contribution is 2.43. The Morgan fingerprint density at radius 3 is 1.77 bits per heavy atom. The Labute approximate surface area is 245 Å². The molecule has 0 bridgehead atoms. The Bertz CT molecular complexity index is 629. The summed E-state index contributed by atoms with van der Waals surface area (Å²) >= 11 is 0. The third-order valence-electron chi connectivity index (χ3n) is 6.74.